The number of ether oxygens (including phenoxy) is 3. The van der Waals surface area contributed by atoms with Crippen molar-refractivity contribution in [1.82, 2.24) is 15.5 Å². The number of nitro benzene ring substituents is 1. The van der Waals surface area contributed by atoms with Gasteiger partial charge in [-0.25, -0.2) is 4.79 Å². The summed E-state index contributed by atoms with van der Waals surface area (Å²) in [5.74, 6) is 0.0830. The smallest absolute Gasteiger partial charge is 0.411 e. The molecule has 216 valence electrons. The third-order valence-corrected chi connectivity index (χ3v) is 6.21. The number of rotatable bonds is 9. The fraction of sp³-hybridized carbons (Fsp3) is 0.444. The number of carbonyl (C=O) groups is 3. The van der Waals surface area contributed by atoms with E-state index in [0.29, 0.717) is 11.5 Å². The van der Waals surface area contributed by atoms with Crippen LogP contribution in [0.5, 0.6) is 11.5 Å². The van der Waals surface area contributed by atoms with Crippen LogP contribution in [0.3, 0.4) is 0 Å². The first-order valence-corrected chi connectivity index (χ1v) is 12.6. The van der Waals surface area contributed by atoms with Crippen LogP contribution < -0.4 is 25.4 Å². The van der Waals surface area contributed by atoms with Gasteiger partial charge in [0.15, 0.2) is 11.5 Å². The second-order valence-electron chi connectivity index (χ2n) is 10.2. The zero-order valence-electron chi connectivity index (χ0n) is 23.4. The summed E-state index contributed by atoms with van der Waals surface area (Å²) in [6.07, 6.45) is -0.529. The van der Waals surface area contributed by atoms with Gasteiger partial charge in [-0.2, -0.15) is 0 Å². The first-order valence-electron chi connectivity index (χ1n) is 12.6. The predicted octanol–water partition coefficient (Wildman–Crippen LogP) is 3.08. The molecular formula is C27H35N5O8. The number of anilines is 1. The van der Waals surface area contributed by atoms with Crippen molar-refractivity contribution in [2.75, 3.05) is 33.1 Å². The van der Waals surface area contributed by atoms with Crippen LogP contribution in [0.15, 0.2) is 36.4 Å². The number of benzene rings is 2. The summed E-state index contributed by atoms with van der Waals surface area (Å²) in [6.45, 7) is 5.30. The second kappa shape index (κ2) is 12.5. The van der Waals surface area contributed by atoms with Crippen molar-refractivity contribution >= 4 is 29.3 Å². The molecule has 2 atom stereocenters. The number of likely N-dealkylation sites (N-methyl/N-ethyl adjacent to an activating group) is 1. The van der Waals surface area contributed by atoms with Crippen LogP contribution in [-0.4, -0.2) is 73.2 Å². The van der Waals surface area contributed by atoms with E-state index in [1.54, 1.807) is 39.0 Å². The van der Waals surface area contributed by atoms with Crippen molar-refractivity contribution in [3.05, 3.63) is 57.6 Å². The van der Waals surface area contributed by atoms with Gasteiger partial charge in [0.05, 0.1) is 24.7 Å². The average Bonchev–Trinajstić information content (AvgIpc) is 3.34. The molecule has 0 bridgehead atoms. The van der Waals surface area contributed by atoms with Crippen LogP contribution in [-0.2, 0) is 16.1 Å². The SMILES string of the molecule is CNC(=O)[C@@H]1C[C@H](Nc2c(C(=O)NCc3ccc(OC)c(OC)c3)cccc2[N+](=O)[O-])CN1C(=O)OC(C)(C)C. The number of hydrogen-bond acceptors (Lipinski definition) is 9. The molecule has 13 nitrogen and oxygen atoms in total. The number of nitro groups is 1. The van der Waals surface area contributed by atoms with Gasteiger partial charge in [-0.1, -0.05) is 12.1 Å². The van der Waals surface area contributed by atoms with E-state index in [4.69, 9.17) is 14.2 Å². The van der Waals surface area contributed by atoms with Gasteiger partial charge in [-0.15, -0.1) is 0 Å². The normalized spacial score (nSPS) is 16.6. The highest BCUT2D eigenvalue weighted by molar-refractivity contribution is 6.01. The quantitative estimate of drug-likeness (QED) is 0.311. The summed E-state index contributed by atoms with van der Waals surface area (Å²) in [7, 11) is 4.48. The summed E-state index contributed by atoms with van der Waals surface area (Å²) in [6, 6.07) is 7.92. The Labute approximate surface area is 232 Å². The summed E-state index contributed by atoms with van der Waals surface area (Å²) in [5, 5.41) is 20.3. The molecule has 0 saturated carbocycles. The first-order chi connectivity index (χ1) is 18.9. The van der Waals surface area contributed by atoms with Crippen molar-refractivity contribution < 1.29 is 33.5 Å². The van der Waals surface area contributed by atoms with Crippen LogP contribution in [0.4, 0.5) is 16.2 Å². The molecule has 40 heavy (non-hydrogen) atoms. The van der Waals surface area contributed by atoms with Crippen LogP contribution >= 0.6 is 0 Å². The van der Waals surface area contributed by atoms with Gasteiger partial charge < -0.3 is 30.2 Å². The van der Waals surface area contributed by atoms with E-state index in [0.717, 1.165) is 5.56 Å². The van der Waals surface area contributed by atoms with Gasteiger partial charge in [-0.05, 0) is 51.0 Å². The number of nitrogens with zero attached hydrogens (tertiary/aromatic N) is 2. The summed E-state index contributed by atoms with van der Waals surface area (Å²) < 4.78 is 16.0. The molecule has 0 aromatic heterocycles. The first kappa shape index (κ1) is 30.0. The predicted molar refractivity (Wildman–Crippen MR) is 147 cm³/mol. The highest BCUT2D eigenvalue weighted by atomic mass is 16.6. The molecule has 2 aromatic carbocycles. The highest BCUT2D eigenvalue weighted by Gasteiger charge is 2.42. The molecule has 3 amide bonds. The number of para-hydroxylation sites is 1. The van der Waals surface area contributed by atoms with E-state index in [2.05, 4.69) is 16.0 Å². The molecule has 1 saturated heterocycles. The second-order valence-corrected chi connectivity index (χ2v) is 10.2. The van der Waals surface area contributed by atoms with Crippen molar-refractivity contribution in [3.63, 3.8) is 0 Å². The number of nitrogens with one attached hydrogen (secondary N) is 3. The van der Waals surface area contributed by atoms with E-state index in [1.165, 1.54) is 44.4 Å². The standard InChI is InChI=1S/C27H35N5O8/c1-27(2,3)40-26(35)31-15-17(13-20(31)25(34)28-4)30-23-18(8-7-9-19(23)32(36)37)24(33)29-14-16-10-11-21(38-5)22(12-16)39-6/h7-12,17,20,30H,13-15H2,1-6H3,(H,28,34)(H,29,33)/t17-,20-/m0/s1. The number of methoxy groups -OCH3 is 2. The van der Waals surface area contributed by atoms with Crippen LogP contribution in [0, 0.1) is 10.1 Å². The summed E-state index contributed by atoms with van der Waals surface area (Å²) in [4.78, 5) is 51.2. The zero-order valence-corrected chi connectivity index (χ0v) is 23.4. The Kier molecular flexibility index (Phi) is 9.40. The number of carbonyl (C=O) groups excluding carboxylic acids is 3. The van der Waals surface area contributed by atoms with Crippen molar-refractivity contribution in [2.24, 2.45) is 0 Å². The molecule has 1 aliphatic heterocycles. The molecule has 2 aromatic rings. The minimum atomic E-state index is -0.859. The van der Waals surface area contributed by atoms with Gasteiger partial charge in [0.2, 0.25) is 5.91 Å². The molecule has 0 radical (unpaired) electrons. The lowest BCUT2D eigenvalue weighted by Crippen LogP contribution is -2.46. The van der Waals surface area contributed by atoms with E-state index in [1.807, 2.05) is 0 Å². The molecular weight excluding hydrogens is 522 g/mol. The lowest BCUT2D eigenvalue weighted by Gasteiger charge is -2.27. The van der Waals surface area contributed by atoms with Crippen molar-refractivity contribution in [3.8, 4) is 11.5 Å². The minimum absolute atomic E-state index is 0.0102. The maximum atomic E-state index is 13.2. The van der Waals surface area contributed by atoms with Crippen LogP contribution in [0.2, 0.25) is 0 Å². The topological polar surface area (TPSA) is 161 Å². The van der Waals surface area contributed by atoms with E-state index in [-0.39, 0.29) is 36.4 Å². The monoisotopic (exact) mass is 557 g/mol. The number of likely N-dealkylation sites (tertiary alicyclic amines) is 1. The summed E-state index contributed by atoms with van der Waals surface area (Å²) >= 11 is 0. The molecule has 0 unspecified atom stereocenters. The molecule has 13 heteroatoms. The van der Waals surface area contributed by atoms with Gasteiger partial charge in [-0.3, -0.25) is 24.6 Å². The molecule has 3 N–H and O–H groups in total. The van der Waals surface area contributed by atoms with Gasteiger partial charge in [0.1, 0.15) is 17.3 Å². The van der Waals surface area contributed by atoms with E-state index >= 15 is 0 Å². The Balaban J connectivity index is 1.85. The third-order valence-electron chi connectivity index (χ3n) is 6.21. The van der Waals surface area contributed by atoms with Crippen LogP contribution in [0.1, 0.15) is 43.1 Å². The maximum Gasteiger partial charge on any atom is 0.411 e. The molecule has 3 rings (SSSR count). The lowest BCUT2D eigenvalue weighted by atomic mass is 10.1. The van der Waals surface area contributed by atoms with Crippen LogP contribution in [0.25, 0.3) is 0 Å². The fourth-order valence-electron chi connectivity index (χ4n) is 4.38. The van der Waals surface area contributed by atoms with Crippen molar-refractivity contribution in [2.45, 2.75) is 51.4 Å². The molecule has 0 spiro atoms. The van der Waals surface area contributed by atoms with Gasteiger partial charge in [0, 0.05) is 32.2 Å². The van der Waals surface area contributed by atoms with Crippen molar-refractivity contribution in [1.29, 1.82) is 0 Å². The highest BCUT2D eigenvalue weighted by Crippen LogP contribution is 2.32. The summed E-state index contributed by atoms with van der Waals surface area (Å²) in [5.41, 5.74) is -0.340. The van der Waals surface area contributed by atoms with E-state index in [9.17, 15) is 24.5 Å². The maximum absolute atomic E-state index is 13.2. The Hall–Kier alpha value is -4.55. The Morgan fingerprint density at radius 1 is 1.10 bits per heavy atom. The lowest BCUT2D eigenvalue weighted by molar-refractivity contribution is -0.384. The number of amides is 3. The Morgan fingerprint density at radius 3 is 2.40 bits per heavy atom. The Bertz CT molecular complexity index is 1280. The third kappa shape index (κ3) is 7.10. The molecule has 1 aliphatic rings. The van der Waals surface area contributed by atoms with E-state index < -0.39 is 40.5 Å². The van der Waals surface area contributed by atoms with Gasteiger partial charge >= 0.3 is 6.09 Å². The number of hydrogen-bond donors (Lipinski definition) is 3. The molecule has 1 heterocycles. The van der Waals surface area contributed by atoms with Gasteiger partial charge in [0.25, 0.3) is 11.6 Å². The minimum Gasteiger partial charge on any atom is -0.493 e. The largest absolute Gasteiger partial charge is 0.493 e. The zero-order chi connectivity index (χ0) is 29.6. The Morgan fingerprint density at radius 2 is 1.80 bits per heavy atom. The molecule has 1 fully saturated rings. The fourth-order valence-corrected chi connectivity index (χ4v) is 4.38. The molecule has 0 aliphatic carbocycles. The average molecular weight is 558 g/mol.